The fraction of sp³-hybridized carbons (Fsp3) is 0.500. The second kappa shape index (κ2) is 6.01. The zero-order valence-corrected chi connectivity index (χ0v) is 10.7. The van der Waals surface area contributed by atoms with Crippen LogP contribution in [-0.4, -0.2) is 15.0 Å². The lowest BCUT2D eigenvalue weighted by Gasteiger charge is -2.10. The molecule has 0 aliphatic rings. The molecule has 16 heavy (non-hydrogen) atoms. The topological polar surface area (TPSA) is 46.2 Å². The fourth-order valence-corrected chi connectivity index (χ4v) is 2.96. The summed E-state index contributed by atoms with van der Waals surface area (Å²) in [5, 5.41) is 0. The lowest BCUT2D eigenvalue weighted by atomic mass is 10.1. The van der Waals surface area contributed by atoms with Gasteiger partial charge in [0.2, 0.25) is 10.0 Å². The summed E-state index contributed by atoms with van der Waals surface area (Å²) < 4.78 is 26.5. The van der Waals surface area contributed by atoms with Crippen molar-refractivity contribution in [3.63, 3.8) is 0 Å². The molecule has 0 radical (unpaired) electrons. The maximum atomic E-state index is 12.0. The van der Waals surface area contributed by atoms with Crippen LogP contribution in [0.5, 0.6) is 0 Å². The third kappa shape index (κ3) is 3.32. The van der Waals surface area contributed by atoms with Gasteiger partial charge in [-0.25, -0.2) is 13.1 Å². The first kappa shape index (κ1) is 13.2. The molecule has 0 fully saturated rings. The van der Waals surface area contributed by atoms with Crippen molar-refractivity contribution in [2.24, 2.45) is 0 Å². The van der Waals surface area contributed by atoms with Crippen LogP contribution in [0.25, 0.3) is 0 Å². The summed E-state index contributed by atoms with van der Waals surface area (Å²) in [4.78, 5) is 0.422. The van der Waals surface area contributed by atoms with E-state index in [1.54, 1.807) is 12.1 Å². The zero-order chi connectivity index (χ0) is 12.0. The highest BCUT2D eigenvalue weighted by molar-refractivity contribution is 7.89. The molecule has 0 spiro atoms. The van der Waals surface area contributed by atoms with Crippen molar-refractivity contribution in [1.82, 2.24) is 4.72 Å². The predicted octanol–water partition coefficient (Wildman–Crippen LogP) is 2.33. The van der Waals surface area contributed by atoms with Gasteiger partial charge < -0.3 is 0 Å². The molecule has 0 unspecified atom stereocenters. The van der Waals surface area contributed by atoms with Crippen molar-refractivity contribution < 1.29 is 8.42 Å². The van der Waals surface area contributed by atoms with E-state index in [4.69, 9.17) is 0 Å². The largest absolute Gasteiger partial charge is 0.240 e. The normalized spacial score (nSPS) is 11.6. The van der Waals surface area contributed by atoms with Gasteiger partial charge in [0, 0.05) is 6.54 Å². The van der Waals surface area contributed by atoms with Gasteiger partial charge in [-0.05, 0) is 24.5 Å². The lowest BCUT2D eigenvalue weighted by Crippen LogP contribution is -2.25. The van der Waals surface area contributed by atoms with Crippen LogP contribution in [0, 0.1) is 0 Å². The third-order valence-corrected chi connectivity index (χ3v) is 3.89. The van der Waals surface area contributed by atoms with Crippen LogP contribution in [-0.2, 0) is 16.4 Å². The SMILES string of the molecule is CCCNS(=O)(=O)c1ccccc1CCC. The van der Waals surface area contributed by atoms with E-state index in [2.05, 4.69) is 4.72 Å². The highest BCUT2D eigenvalue weighted by Gasteiger charge is 2.16. The Bertz CT molecular complexity index is 426. The van der Waals surface area contributed by atoms with Gasteiger partial charge in [-0.15, -0.1) is 0 Å². The van der Waals surface area contributed by atoms with Gasteiger partial charge >= 0.3 is 0 Å². The molecule has 0 aliphatic heterocycles. The highest BCUT2D eigenvalue weighted by atomic mass is 32.2. The lowest BCUT2D eigenvalue weighted by molar-refractivity contribution is 0.579. The standard InChI is InChI=1S/C12H19NO2S/c1-3-7-11-8-5-6-9-12(11)16(14,15)13-10-4-2/h5-6,8-9,13H,3-4,7,10H2,1-2H3. The Balaban J connectivity index is 3.02. The molecule has 1 N–H and O–H groups in total. The first-order chi connectivity index (χ1) is 7.61. The number of sulfonamides is 1. The quantitative estimate of drug-likeness (QED) is 0.831. The summed E-state index contributed by atoms with van der Waals surface area (Å²) in [6.45, 7) is 4.48. The van der Waals surface area contributed by atoms with Crippen molar-refractivity contribution in [3.8, 4) is 0 Å². The summed E-state index contributed by atoms with van der Waals surface area (Å²) in [7, 11) is -3.33. The van der Waals surface area contributed by atoms with E-state index in [9.17, 15) is 8.42 Å². The Morgan fingerprint density at radius 2 is 1.81 bits per heavy atom. The monoisotopic (exact) mass is 241 g/mol. The molecule has 0 saturated heterocycles. The molecular weight excluding hydrogens is 222 g/mol. The summed E-state index contributed by atoms with van der Waals surface area (Å²) in [6.07, 6.45) is 2.54. The first-order valence-corrected chi connectivity index (χ1v) is 7.17. The summed E-state index contributed by atoms with van der Waals surface area (Å²) in [5.74, 6) is 0. The van der Waals surface area contributed by atoms with Gasteiger partial charge in [0.15, 0.2) is 0 Å². The van der Waals surface area contributed by atoms with Crippen molar-refractivity contribution in [2.45, 2.75) is 38.0 Å². The Morgan fingerprint density at radius 3 is 2.44 bits per heavy atom. The van der Waals surface area contributed by atoms with Crippen LogP contribution in [0.1, 0.15) is 32.3 Å². The molecular formula is C12H19NO2S. The Hall–Kier alpha value is -0.870. The van der Waals surface area contributed by atoms with E-state index in [1.165, 1.54) is 0 Å². The molecule has 0 bridgehead atoms. The van der Waals surface area contributed by atoms with Crippen molar-refractivity contribution in [2.75, 3.05) is 6.54 Å². The van der Waals surface area contributed by atoms with Crippen molar-refractivity contribution >= 4 is 10.0 Å². The number of aryl methyl sites for hydroxylation is 1. The Kier molecular flexibility index (Phi) is 4.96. The van der Waals surface area contributed by atoms with Crippen LogP contribution in [0.4, 0.5) is 0 Å². The molecule has 0 aliphatic carbocycles. The van der Waals surface area contributed by atoms with Crippen LogP contribution in [0.3, 0.4) is 0 Å². The van der Waals surface area contributed by atoms with E-state index in [1.807, 2.05) is 26.0 Å². The van der Waals surface area contributed by atoms with Gasteiger partial charge in [-0.3, -0.25) is 0 Å². The number of hydrogen-bond acceptors (Lipinski definition) is 2. The second-order valence-electron chi connectivity index (χ2n) is 3.76. The molecule has 0 atom stereocenters. The third-order valence-electron chi connectivity index (χ3n) is 2.32. The van der Waals surface area contributed by atoms with Gasteiger partial charge in [0.25, 0.3) is 0 Å². The van der Waals surface area contributed by atoms with Crippen LogP contribution >= 0.6 is 0 Å². The predicted molar refractivity (Wildman–Crippen MR) is 65.9 cm³/mol. The van der Waals surface area contributed by atoms with Gasteiger partial charge in [0.1, 0.15) is 0 Å². The summed E-state index contributed by atoms with van der Waals surface area (Å²) in [6, 6.07) is 7.19. The number of hydrogen-bond donors (Lipinski definition) is 1. The van der Waals surface area contributed by atoms with E-state index in [0.29, 0.717) is 11.4 Å². The summed E-state index contributed by atoms with van der Waals surface area (Å²) >= 11 is 0. The zero-order valence-electron chi connectivity index (χ0n) is 9.86. The van der Waals surface area contributed by atoms with Crippen molar-refractivity contribution in [1.29, 1.82) is 0 Å². The fourth-order valence-electron chi connectivity index (χ4n) is 1.56. The minimum absolute atomic E-state index is 0.422. The molecule has 3 nitrogen and oxygen atoms in total. The molecule has 1 aromatic rings. The molecule has 0 amide bonds. The molecule has 0 heterocycles. The smallest absolute Gasteiger partial charge is 0.211 e. The molecule has 1 rings (SSSR count). The molecule has 0 saturated carbocycles. The number of benzene rings is 1. The minimum Gasteiger partial charge on any atom is -0.211 e. The van der Waals surface area contributed by atoms with E-state index < -0.39 is 10.0 Å². The minimum atomic E-state index is -3.33. The van der Waals surface area contributed by atoms with Crippen LogP contribution in [0.2, 0.25) is 0 Å². The van der Waals surface area contributed by atoms with Gasteiger partial charge in [-0.1, -0.05) is 38.5 Å². The van der Waals surface area contributed by atoms with Crippen molar-refractivity contribution in [3.05, 3.63) is 29.8 Å². The average molecular weight is 241 g/mol. The first-order valence-electron chi connectivity index (χ1n) is 5.69. The summed E-state index contributed by atoms with van der Waals surface area (Å²) in [5.41, 5.74) is 0.897. The molecule has 90 valence electrons. The number of rotatable bonds is 6. The molecule has 4 heteroatoms. The van der Waals surface area contributed by atoms with Crippen LogP contribution < -0.4 is 4.72 Å². The Labute approximate surface area is 97.9 Å². The van der Waals surface area contributed by atoms with Crippen LogP contribution in [0.15, 0.2) is 29.2 Å². The number of nitrogens with one attached hydrogen (secondary N) is 1. The average Bonchev–Trinajstić information content (AvgIpc) is 2.27. The van der Waals surface area contributed by atoms with E-state index in [0.717, 1.165) is 24.8 Å². The molecule has 1 aromatic carbocycles. The van der Waals surface area contributed by atoms with E-state index >= 15 is 0 Å². The van der Waals surface area contributed by atoms with Gasteiger partial charge in [0.05, 0.1) is 4.90 Å². The Morgan fingerprint density at radius 1 is 1.12 bits per heavy atom. The van der Waals surface area contributed by atoms with Gasteiger partial charge in [-0.2, -0.15) is 0 Å². The second-order valence-corrected chi connectivity index (χ2v) is 5.49. The molecule has 0 aromatic heterocycles. The highest BCUT2D eigenvalue weighted by Crippen LogP contribution is 2.16. The maximum Gasteiger partial charge on any atom is 0.240 e. The van der Waals surface area contributed by atoms with E-state index in [-0.39, 0.29) is 0 Å². The maximum absolute atomic E-state index is 12.0.